The third-order valence-electron chi connectivity index (χ3n) is 5.84. The largest absolute Gasteiger partial charge is 0.454 e. The van der Waals surface area contributed by atoms with Crippen LogP contribution in [0, 0.1) is 5.92 Å². The normalized spacial score (nSPS) is 38.7. The molecule has 0 unspecified atom stereocenters. The Balaban J connectivity index is 1.72. The van der Waals surface area contributed by atoms with Crippen molar-refractivity contribution in [2.45, 2.75) is 69.4 Å². The molecule has 2 heterocycles. The van der Waals surface area contributed by atoms with Gasteiger partial charge in [-0.3, -0.25) is 0 Å². The van der Waals surface area contributed by atoms with Gasteiger partial charge in [-0.25, -0.2) is 4.79 Å². The maximum absolute atomic E-state index is 12.0. The van der Waals surface area contributed by atoms with Crippen molar-refractivity contribution in [1.82, 2.24) is 0 Å². The number of carbonyl (C=O) groups excluding carboxylic acids is 1. The van der Waals surface area contributed by atoms with Crippen LogP contribution < -0.4 is 0 Å². The summed E-state index contributed by atoms with van der Waals surface area (Å²) in [6, 6.07) is 0. The topological polar surface area (TPSA) is 126 Å². The van der Waals surface area contributed by atoms with E-state index in [1.165, 1.54) is 5.57 Å². The van der Waals surface area contributed by atoms with Crippen molar-refractivity contribution in [3.05, 3.63) is 35.5 Å². The minimum atomic E-state index is -1.49. The fraction of sp³-hybridized carbons (Fsp3) is 0.667. The number of rotatable bonds is 4. The van der Waals surface area contributed by atoms with Crippen molar-refractivity contribution >= 4 is 5.97 Å². The lowest BCUT2D eigenvalue weighted by Gasteiger charge is -2.39. The molecule has 0 aromatic rings. The first-order valence-corrected chi connectivity index (χ1v) is 9.99. The lowest BCUT2D eigenvalue weighted by Crippen LogP contribution is -2.59. The van der Waals surface area contributed by atoms with Gasteiger partial charge in [0.1, 0.15) is 30.5 Å². The molecule has 2 saturated heterocycles. The van der Waals surface area contributed by atoms with Gasteiger partial charge in [-0.2, -0.15) is 0 Å². The van der Waals surface area contributed by atoms with Crippen LogP contribution in [0.5, 0.6) is 0 Å². The zero-order valence-corrected chi connectivity index (χ0v) is 16.6. The maximum atomic E-state index is 12.0. The second kappa shape index (κ2) is 9.51. The Labute approximate surface area is 170 Å². The number of aliphatic hydroxyl groups excluding tert-OH is 4. The van der Waals surface area contributed by atoms with Crippen molar-refractivity contribution in [3.8, 4) is 0 Å². The molecule has 0 radical (unpaired) electrons. The monoisotopic (exact) mass is 410 g/mol. The summed E-state index contributed by atoms with van der Waals surface area (Å²) in [5.74, 6) is -0.474. The molecule has 0 spiro atoms. The van der Waals surface area contributed by atoms with Crippen LogP contribution in [-0.2, 0) is 19.0 Å². The average Bonchev–Trinajstić information content (AvgIpc) is 2.96. The summed E-state index contributed by atoms with van der Waals surface area (Å²) >= 11 is 0. The Morgan fingerprint density at radius 2 is 1.97 bits per heavy atom. The van der Waals surface area contributed by atoms with Crippen LogP contribution in [0.15, 0.2) is 35.5 Å². The van der Waals surface area contributed by atoms with Crippen molar-refractivity contribution in [2.24, 2.45) is 5.92 Å². The van der Waals surface area contributed by atoms with Gasteiger partial charge in [0, 0.05) is 11.5 Å². The number of ether oxygens (including phenoxy) is 3. The second-order valence-corrected chi connectivity index (χ2v) is 7.96. The van der Waals surface area contributed by atoms with E-state index in [1.807, 2.05) is 6.08 Å². The highest BCUT2D eigenvalue weighted by atomic mass is 16.7. The Hall–Kier alpha value is -1.55. The van der Waals surface area contributed by atoms with Crippen molar-refractivity contribution in [1.29, 1.82) is 0 Å². The first-order chi connectivity index (χ1) is 13.8. The first kappa shape index (κ1) is 22.1. The molecular weight excluding hydrogens is 380 g/mol. The number of carbonyl (C=O) groups is 1. The summed E-state index contributed by atoms with van der Waals surface area (Å²) in [6.07, 6.45) is 0.142. The predicted octanol–water partition coefficient (Wildman–Crippen LogP) is 0.347. The highest BCUT2D eigenvalue weighted by molar-refractivity contribution is 5.91. The van der Waals surface area contributed by atoms with E-state index in [0.717, 1.165) is 24.8 Å². The quantitative estimate of drug-likeness (QED) is 0.297. The third-order valence-corrected chi connectivity index (χ3v) is 5.84. The van der Waals surface area contributed by atoms with Gasteiger partial charge in [-0.15, -0.1) is 0 Å². The van der Waals surface area contributed by atoms with Crippen LogP contribution in [-0.4, -0.2) is 76.4 Å². The van der Waals surface area contributed by atoms with Crippen LogP contribution in [0.4, 0.5) is 0 Å². The van der Waals surface area contributed by atoms with E-state index in [-0.39, 0.29) is 18.5 Å². The molecule has 1 aliphatic carbocycles. The van der Waals surface area contributed by atoms with Gasteiger partial charge < -0.3 is 34.6 Å². The minimum absolute atomic E-state index is 0.0861. The number of aliphatic hydroxyl groups is 4. The highest BCUT2D eigenvalue weighted by Gasteiger charge is 2.44. The van der Waals surface area contributed by atoms with Crippen LogP contribution >= 0.6 is 0 Å². The number of hydrogen-bond donors (Lipinski definition) is 4. The molecule has 4 N–H and O–H groups in total. The molecule has 162 valence electrons. The predicted molar refractivity (Wildman–Crippen MR) is 103 cm³/mol. The molecule has 29 heavy (non-hydrogen) atoms. The van der Waals surface area contributed by atoms with E-state index >= 15 is 0 Å². The number of esters is 1. The van der Waals surface area contributed by atoms with Gasteiger partial charge in [-0.05, 0) is 44.3 Å². The molecule has 2 fully saturated rings. The summed E-state index contributed by atoms with van der Waals surface area (Å²) in [4.78, 5) is 12.0. The van der Waals surface area contributed by atoms with Gasteiger partial charge in [0.2, 0.25) is 0 Å². The molecule has 0 saturated carbocycles. The Kier molecular flexibility index (Phi) is 7.26. The first-order valence-electron chi connectivity index (χ1n) is 9.99. The molecular formula is C21H30O8. The summed E-state index contributed by atoms with van der Waals surface area (Å²) in [5.41, 5.74) is 2.59. The standard InChI is InChI=1S/C21H30O8/c1-11-4-3-5-13(8-15-14(7-6-11)12(2)20(26)28-15)10-27-21-19(25)18(24)17(23)16(9-22)29-21/h4,8,14-19,21-25H,2-3,5-7,9-10H2,1H3/t14-,15+,16+,17+,18-,19+,21+/m0/s1. The van der Waals surface area contributed by atoms with E-state index in [0.29, 0.717) is 12.0 Å². The molecule has 7 atom stereocenters. The van der Waals surface area contributed by atoms with Crippen molar-refractivity contribution in [2.75, 3.05) is 13.2 Å². The zero-order valence-electron chi connectivity index (χ0n) is 16.6. The highest BCUT2D eigenvalue weighted by Crippen LogP contribution is 2.34. The summed E-state index contributed by atoms with van der Waals surface area (Å²) < 4.78 is 16.5. The van der Waals surface area contributed by atoms with E-state index in [1.54, 1.807) is 0 Å². The second-order valence-electron chi connectivity index (χ2n) is 7.96. The fourth-order valence-corrected chi connectivity index (χ4v) is 3.94. The smallest absolute Gasteiger partial charge is 0.334 e. The van der Waals surface area contributed by atoms with E-state index in [9.17, 15) is 25.2 Å². The molecule has 0 aromatic heterocycles. The van der Waals surface area contributed by atoms with Gasteiger partial charge in [0.05, 0.1) is 13.2 Å². The van der Waals surface area contributed by atoms with Gasteiger partial charge in [0.25, 0.3) is 0 Å². The van der Waals surface area contributed by atoms with E-state index < -0.39 is 43.4 Å². The molecule has 0 amide bonds. The van der Waals surface area contributed by atoms with E-state index in [4.69, 9.17) is 14.2 Å². The van der Waals surface area contributed by atoms with Crippen molar-refractivity contribution in [3.63, 3.8) is 0 Å². The Morgan fingerprint density at radius 1 is 1.21 bits per heavy atom. The number of fused-ring (bicyclic) bond motifs is 1. The molecule has 3 rings (SSSR count). The summed E-state index contributed by atoms with van der Waals surface area (Å²) in [6.45, 7) is 5.51. The Bertz CT molecular complexity index is 682. The van der Waals surface area contributed by atoms with Crippen LogP contribution in [0.1, 0.15) is 32.6 Å². The third kappa shape index (κ3) is 4.96. The maximum Gasteiger partial charge on any atom is 0.334 e. The van der Waals surface area contributed by atoms with Crippen molar-refractivity contribution < 1.29 is 39.4 Å². The molecule has 3 aliphatic rings. The van der Waals surface area contributed by atoms with Gasteiger partial charge in [-0.1, -0.05) is 18.2 Å². The van der Waals surface area contributed by atoms with Crippen LogP contribution in [0.2, 0.25) is 0 Å². The fourth-order valence-electron chi connectivity index (χ4n) is 3.94. The molecule has 8 heteroatoms. The Morgan fingerprint density at radius 3 is 2.69 bits per heavy atom. The number of hydrogen-bond acceptors (Lipinski definition) is 8. The van der Waals surface area contributed by atoms with Gasteiger partial charge in [0.15, 0.2) is 6.29 Å². The molecule has 2 aliphatic heterocycles. The zero-order chi connectivity index (χ0) is 21.1. The van der Waals surface area contributed by atoms with Gasteiger partial charge >= 0.3 is 5.97 Å². The summed E-state index contributed by atoms with van der Waals surface area (Å²) in [7, 11) is 0. The van der Waals surface area contributed by atoms with E-state index in [2.05, 4.69) is 19.6 Å². The lowest BCUT2D eigenvalue weighted by atomic mass is 9.88. The molecule has 0 aromatic carbocycles. The average molecular weight is 410 g/mol. The summed E-state index contributed by atoms with van der Waals surface area (Å²) in [5, 5.41) is 39.2. The SMILES string of the molecule is C=C1C(=O)O[C@@H]2C=C(CO[C@@H]3O[C@H](CO)[C@@H](O)[C@H](O)[C@H]3O)CCC=C(C)CC[C@@H]12. The molecule has 8 nitrogen and oxygen atoms in total. The minimum Gasteiger partial charge on any atom is -0.454 e. The number of allylic oxidation sites excluding steroid dienone is 2. The lowest BCUT2D eigenvalue weighted by molar-refractivity contribution is -0.299. The van der Waals surface area contributed by atoms with Crippen LogP contribution in [0.3, 0.4) is 0 Å². The van der Waals surface area contributed by atoms with Crippen LogP contribution in [0.25, 0.3) is 0 Å². The molecule has 0 bridgehead atoms.